The molecule has 2 unspecified atom stereocenters. The quantitative estimate of drug-likeness (QED) is 0.605. The zero-order valence-electron chi connectivity index (χ0n) is 9.75. The number of hydrogen-bond acceptors (Lipinski definition) is 4. The Balaban J connectivity index is 2.80. The van der Waals surface area contributed by atoms with Gasteiger partial charge in [-0.3, -0.25) is 4.79 Å². The first-order valence-corrected chi connectivity index (χ1v) is 6.95. The molecule has 1 aliphatic heterocycles. The van der Waals surface area contributed by atoms with E-state index in [2.05, 4.69) is 0 Å². The summed E-state index contributed by atoms with van der Waals surface area (Å²) < 4.78 is 24.4. The van der Waals surface area contributed by atoms with E-state index in [1.54, 1.807) is 0 Å². The van der Waals surface area contributed by atoms with Crippen LogP contribution < -0.4 is 0 Å². The molecule has 2 atom stereocenters. The van der Waals surface area contributed by atoms with Gasteiger partial charge in [0.2, 0.25) is 10.0 Å². The van der Waals surface area contributed by atoms with Crippen molar-refractivity contribution in [1.82, 2.24) is 9.12 Å². The van der Waals surface area contributed by atoms with E-state index < -0.39 is 16.0 Å². The van der Waals surface area contributed by atoms with Crippen LogP contribution in [0.2, 0.25) is 0 Å². The van der Waals surface area contributed by atoms with E-state index in [9.17, 15) is 13.2 Å². The van der Waals surface area contributed by atoms with Gasteiger partial charge in [0, 0.05) is 25.2 Å². The first-order valence-electron chi connectivity index (χ1n) is 5.10. The van der Waals surface area contributed by atoms with Crippen molar-refractivity contribution < 1.29 is 18.3 Å². The molecule has 0 bridgehead atoms. The van der Waals surface area contributed by atoms with Crippen LogP contribution in [0.3, 0.4) is 0 Å². The summed E-state index contributed by atoms with van der Waals surface area (Å²) in [7, 11) is -1.43. The number of carboxylic acids is 1. The van der Waals surface area contributed by atoms with Crippen molar-refractivity contribution in [3.8, 4) is 0 Å². The number of piperazine rings is 1. The molecule has 0 aromatic heterocycles. The van der Waals surface area contributed by atoms with E-state index in [0.717, 1.165) is 6.26 Å². The Hall–Kier alpha value is -0.595. The lowest BCUT2D eigenvalue weighted by molar-refractivity contribution is -0.138. The third-order valence-corrected chi connectivity index (χ3v) is 4.26. The summed E-state index contributed by atoms with van der Waals surface area (Å²) in [6.07, 6.45) is 1.13. The molecule has 92 valence electrons. The van der Waals surface area contributed by atoms with Crippen LogP contribution in [0.1, 0.15) is 13.3 Å². The SMILES string of the molecule is BN1CC(C)N(S(C)(=O)=O)CC1CC(=O)O. The summed E-state index contributed by atoms with van der Waals surface area (Å²) in [6.45, 7) is 2.64. The van der Waals surface area contributed by atoms with Crippen LogP contribution in [-0.4, -0.2) is 68.0 Å². The zero-order chi connectivity index (χ0) is 12.5. The van der Waals surface area contributed by atoms with Gasteiger partial charge >= 0.3 is 5.97 Å². The summed E-state index contributed by atoms with van der Waals surface area (Å²) in [6, 6.07) is -0.353. The maximum absolute atomic E-state index is 11.5. The van der Waals surface area contributed by atoms with E-state index in [-0.39, 0.29) is 25.0 Å². The second-order valence-corrected chi connectivity index (χ2v) is 6.31. The normalized spacial score (nSPS) is 29.1. The van der Waals surface area contributed by atoms with E-state index in [1.165, 1.54) is 4.31 Å². The highest BCUT2D eigenvalue weighted by atomic mass is 32.2. The molecule has 8 heteroatoms. The molecule has 0 amide bonds. The molecule has 1 rings (SSSR count). The molecule has 1 saturated heterocycles. The first kappa shape index (κ1) is 13.5. The van der Waals surface area contributed by atoms with Crippen molar-refractivity contribution in [3.63, 3.8) is 0 Å². The highest BCUT2D eigenvalue weighted by molar-refractivity contribution is 7.88. The Morgan fingerprint density at radius 2 is 2.06 bits per heavy atom. The highest BCUT2D eigenvalue weighted by Gasteiger charge is 2.34. The predicted molar refractivity (Wildman–Crippen MR) is 62.3 cm³/mol. The molecule has 0 aliphatic carbocycles. The van der Waals surface area contributed by atoms with Crippen molar-refractivity contribution in [3.05, 3.63) is 0 Å². The molecule has 1 heterocycles. The highest BCUT2D eigenvalue weighted by Crippen LogP contribution is 2.18. The number of carbonyl (C=O) groups is 1. The summed E-state index contributed by atoms with van der Waals surface area (Å²) in [5, 5.41) is 8.74. The van der Waals surface area contributed by atoms with Crippen LogP contribution in [0.4, 0.5) is 0 Å². The van der Waals surface area contributed by atoms with Crippen LogP contribution >= 0.6 is 0 Å². The molecule has 0 saturated carbocycles. The molecule has 1 aliphatic rings. The molecule has 0 spiro atoms. The van der Waals surface area contributed by atoms with Crippen LogP contribution in [0, 0.1) is 0 Å². The van der Waals surface area contributed by atoms with Gasteiger partial charge in [-0.15, -0.1) is 0 Å². The van der Waals surface area contributed by atoms with E-state index in [4.69, 9.17) is 5.11 Å². The number of carboxylic acid groups (broad SMARTS) is 1. The van der Waals surface area contributed by atoms with Crippen molar-refractivity contribution in [2.24, 2.45) is 0 Å². The maximum atomic E-state index is 11.5. The van der Waals surface area contributed by atoms with E-state index in [0.29, 0.717) is 6.54 Å². The van der Waals surface area contributed by atoms with Gasteiger partial charge in [0.05, 0.1) is 12.7 Å². The third-order valence-electron chi connectivity index (χ3n) is 2.89. The van der Waals surface area contributed by atoms with Crippen LogP contribution in [0.5, 0.6) is 0 Å². The molecule has 6 nitrogen and oxygen atoms in total. The molecule has 1 fully saturated rings. The second-order valence-electron chi connectivity index (χ2n) is 4.37. The molecule has 0 aromatic rings. The number of rotatable bonds is 3. The maximum Gasteiger partial charge on any atom is 0.304 e. The van der Waals surface area contributed by atoms with Crippen molar-refractivity contribution in [1.29, 1.82) is 0 Å². The Kier molecular flexibility index (Phi) is 3.98. The monoisotopic (exact) mass is 248 g/mol. The molecule has 0 aromatic carbocycles. The van der Waals surface area contributed by atoms with E-state index >= 15 is 0 Å². The smallest absolute Gasteiger partial charge is 0.304 e. The number of hydrogen-bond donors (Lipinski definition) is 1. The van der Waals surface area contributed by atoms with Gasteiger partial charge in [0.1, 0.15) is 0 Å². The number of nitrogens with zero attached hydrogens (tertiary/aromatic N) is 2. The van der Waals surface area contributed by atoms with Crippen LogP contribution in [-0.2, 0) is 14.8 Å². The Bertz CT molecular complexity index is 372. The van der Waals surface area contributed by atoms with Crippen molar-refractivity contribution in [2.45, 2.75) is 25.4 Å². The minimum atomic E-state index is -3.25. The summed E-state index contributed by atoms with van der Waals surface area (Å²) in [5.74, 6) is -0.903. The predicted octanol–water partition coefficient (Wildman–Crippen LogP) is -1.66. The van der Waals surface area contributed by atoms with E-state index in [1.807, 2.05) is 19.7 Å². The lowest BCUT2D eigenvalue weighted by atomic mass is 10.0. The number of aliphatic carboxylic acids is 1. The lowest BCUT2D eigenvalue weighted by Crippen LogP contribution is -2.58. The Morgan fingerprint density at radius 3 is 2.50 bits per heavy atom. The standard InChI is InChI=1S/C8H17BN2O4S/c1-6-4-10(9)7(3-8(12)13)5-11(6)16(2,14)15/h6-7H,3-5,9H2,1-2H3,(H,12,13). The van der Waals surface area contributed by atoms with Gasteiger partial charge in [0.25, 0.3) is 0 Å². The minimum absolute atomic E-state index is 0.0325. The fourth-order valence-corrected chi connectivity index (χ4v) is 3.23. The second kappa shape index (κ2) is 4.73. The minimum Gasteiger partial charge on any atom is -0.481 e. The van der Waals surface area contributed by atoms with Gasteiger partial charge in [-0.25, -0.2) is 8.42 Å². The van der Waals surface area contributed by atoms with Gasteiger partial charge in [0.15, 0.2) is 7.98 Å². The van der Waals surface area contributed by atoms with Gasteiger partial charge in [-0.05, 0) is 6.92 Å². The van der Waals surface area contributed by atoms with Gasteiger partial charge in [-0.1, -0.05) is 0 Å². The Labute approximate surface area is 96.7 Å². The molecule has 0 radical (unpaired) electrons. The Morgan fingerprint density at radius 1 is 1.50 bits per heavy atom. The molecular weight excluding hydrogens is 231 g/mol. The molecule has 16 heavy (non-hydrogen) atoms. The third kappa shape index (κ3) is 3.20. The van der Waals surface area contributed by atoms with Crippen LogP contribution in [0.15, 0.2) is 0 Å². The summed E-state index contributed by atoms with van der Waals surface area (Å²) in [4.78, 5) is 12.6. The average Bonchev–Trinajstić information content (AvgIpc) is 2.06. The summed E-state index contributed by atoms with van der Waals surface area (Å²) in [5.41, 5.74) is 0. The topological polar surface area (TPSA) is 77.9 Å². The lowest BCUT2D eigenvalue weighted by Gasteiger charge is -2.42. The fraction of sp³-hybridized carbons (Fsp3) is 0.875. The largest absolute Gasteiger partial charge is 0.481 e. The molecule has 1 N–H and O–H groups in total. The average molecular weight is 248 g/mol. The fourth-order valence-electron chi connectivity index (χ4n) is 2.07. The van der Waals surface area contributed by atoms with Crippen molar-refractivity contribution in [2.75, 3.05) is 19.3 Å². The van der Waals surface area contributed by atoms with Gasteiger partial charge in [-0.2, -0.15) is 4.31 Å². The summed E-state index contributed by atoms with van der Waals surface area (Å²) >= 11 is 0. The molecular formula is C8H17BN2O4S. The zero-order valence-corrected chi connectivity index (χ0v) is 10.6. The van der Waals surface area contributed by atoms with Gasteiger partial charge < -0.3 is 9.92 Å². The first-order chi connectivity index (χ1) is 7.21. The van der Waals surface area contributed by atoms with Crippen molar-refractivity contribution >= 4 is 24.0 Å². The van der Waals surface area contributed by atoms with Crippen LogP contribution in [0.25, 0.3) is 0 Å². The number of sulfonamides is 1.